The third-order valence-electron chi connectivity index (χ3n) is 4.48. The number of thiazole rings is 1. The molecule has 5 heteroatoms. The van der Waals surface area contributed by atoms with Crippen LogP contribution in [0.25, 0.3) is 21.0 Å². The second-order valence-corrected chi connectivity index (χ2v) is 8.14. The standard InChI is InChI=1S/C19H22N2O2S/c1-12(19(2,3)4)21(5)18(22)15-11-10-14(23-15)17-20-13-8-6-7-9-16(13)24-17/h6-12H,1-5H3. The first-order chi connectivity index (χ1) is 11.3. The molecule has 126 valence electrons. The van der Waals surface area contributed by atoms with Gasteiger partial charge in [-0.15, -0.1) is 11.3 Å². The van der Waals surface area contributed by atoms with E-state index >= 15 is 0 Å². The van der Waals surface area contributed by atoms with Crippen molar-refractivity contribution in [1.82, 2.24) is 9.88 Å². The van der Waals surface area contributed by atoms with Gasteiger partial charge < -0.3 is 9.32 Å². The van der Waals surface area contributed by atoms with E-state index < -0.39 is 0 Å². The Morgan fingerprint density at radius 3 is 2.58 bits per heavy atom. The zero-order valence-electron chi connectivity index (χ0n) is 14.7. The highest BCUT2D eigenvalue weighted by molar-refractivity contribution is 7.21. The molecule has 0 radical (unpaired) electrons. The number of hydrogen-bond donors (Lipinski definition) is 0. The summed E-state index contributed by atoms with van der Waals surface area (Å²) in [4.78, 5) is 19.0. The zero-order chi connectivity index (χ0) is 17.5. The Morgan fingerprint density at radius 2 is 1.92 bits per heavy atom. The van der Waals surface area contributed by atoms with Crippen LogP contribution in [0.5, 0.6) is 0 Å². The summed E-state index contributed by atoms with van der Waals surface area (Å²) < 4.78 is 6.91. The molecule has 3 rings (SSSR count). The van der Waals surface area contributed by atoms with Crippen LogP contribution >= 0.6 is 11.3 Å². The first-order valence-electron chi connectivity index (χ1n) is 8.00. The van der Waals surface area contributed by atoms with Gasteiger partial charge in [0.2, 0.25) is 0 Å². The van der Waals surface area contributed by atoms with Crippen LogP contribution in [0.3, 0.4) is 0 Å². The summed E-state index contributed by atoms with van der Waals surface area (Å²) in [5, 5.41) is 0.793. The van der Waals surface area contributed by atoms with Gasteiger partial charge in [0.05, 0.1) is 10.2 Å². The van der Waals surface area contributed by atoms with Crippen LogP contribution in [-0.2, 0) is 0 Å². The zero-order valence-corrected chi connectivity index (χ0v) is 15.5. The molecule has 1 unspecified atom stereocenters. The SMILES string of the molecule is CC(N(C)C(=O)c1ccc(-c2nc3ccccc3s2)o1)C(C)(C)C. The molecule has 3 aromatic rings. The Balaban J connectivity index is 1.86. The molecule has 0 saturated heterocycles. The summed E-state index contributed by atoms with van der Waals surface area (Å²) in [5.41, 5.74) is 0.951. The molecule has 2 heterocycles. The third-order valence-corrected chi connectivity index (χ3v) is 5.53. The minimum absolute atomic E-state index is 0.00681. The van der Waals surface area contributed by atoms with E-state index in [0.717, 1.165) is 15.2 Å². The number of carbonyl (C=O) groups is 1. The number of amides is 1. The molecule has 0 spiro atoms. The predicted molar refractivity (Wildman–Crippen MR) is 98.3 cm³/mol. The van der Waals surface area contributed by atoms with Gasteiger partial charge in [0.25, 0.3) is 5.91 Å². The predicted octanol–water partition coefficient (Wildman–Crippen LogP) is 5.06. The van der Waals surface area contributed by atoms with Crippen LogP contribution in [0.15, 0.2) is 40.8 Å². The molecular formula is C19H22N2O2S. The van der Waals surface area contributed by atoms with Crippen molar-refractivity contribution in [3.8, 4) is 10.8 Å². The fraction of sp³-hybridized carbons (Fsp3) is 0.368. The quantitative estimate of drug-likeness (QED) is 0.668. The number of nitrogens with zero attached hydrogens (tertiary/aromatic N) is 2. The van der Waals surface area contributed by atoms with E-state index in [1.165, 1.54) is 0 Å². The third kappa shape index (κ3) is 3.08. The molecule has 1 atom stereocenters. The maximum Gasteiger partial charge on any atom is 0.289 e. The number of furan rings is 1. The van der Waals surface area contributed by atoms with Gasteiger partial charge in [-0.1, -0.05) is 32.9 Å². The lowest BCUT2D eigenvalue weighted by atomic mass is 9.87. The van der Waals surface area contributed by atoms with Crippen LogP contribution in [0.4, 0.5) is 0 Å². The number of fused-ring (bicyclic) bond motifs is 1. The Morgan fingerprint density at radius 1 is 1.21 bits per heavy atom. The van der Waals surface area contributed by atoms with E-state index in [1.54, 1.807) is 22.3 Å². The highest BCUT2D eigenvalue weighted by atomic mass is 32.1. The molecule has 2 aromatic heterocycles. The van der Waals surface area contributed by atoms with Gasteiger partial charge in [-0.05, 0) is 36.6 Å². The summed E-state index contributed by atoms with van der Waals surface area (Å²) in [6.45, 7) is 8.41. The highest BCUT2D eigenvalue weighted by Crippen LogP contribution is 2.32. The fourth-order valence-electron chi connectivity index (χ4n) is 2.48. The first-order valence-corrected chi connectivity index (χ1v) is 8.82. The van der Waals surface area contributed by atoms with E-state index in [-0.39, 0.29) is 17.4 Å². The smallest absolute Gasteiger partial charge is 0.289 e. The van der Waals surface area contributed by atoms with Crippen LogP contribution < -0.4 is 0 Å². The minimum Gasteiger partial charge on any atom is -0.448 e. The molecule has 0 aliphatic carbocycles. The molecule has 0 saturated carbocycles. The van der Waals surface area contributed by atoms with Gasteiger partial charge in [-0.2, -0.15) is 0 Å². The molecule has 24 heavy (non-hydrogen) atoms. The first kappa shape index (κ1) is 16.7. The van der Waals surface area contributed by atoms with E-state index in [4.69, 9.17) is 4.42 Å². The van der Waals surface area contributed by atoms with Crippen molar-refractivity contribution < 1.29 is 9.21 Å². The van der Waals surface area contributed by atoms with Gasteiger partial charge in [0, 0.05) is 13.1 Å². The molecular weight excluding hydrogens is 320 g/mol. The topological polar surface area (TPSA) is 46.3 Å². The van der Waals surface area contributed by atoms with Crippen molar-refractivity contribution in [2.75, 3.05) is 7.05 Å². The lowest BCUT2D eigenvalue weighted by Gasteiger charge is -2.34. The lowest BCUT2D eigenvalue weighted by Crippen LogP contribution is -2.42. The normalized spacial score (nSPS) is 13.2. The summed E-state index contributed by atoms with van der Waals surface area (Å²) in [6, 6.07) is 11.6. The molecule has 0 bridgehead atoms. The van der Waals surface area contributed by atoms with Gasteiger partial charge >= 0.3 is 0 Å². The number of hydrogen-bond acceptors (Lipinski definition) is 4. The molecule has 0 N–H and O–H groups in total. The summed E-state index contributed by atoms with van der Waals surface area (Å²) in [5.74, 6) is 0.879. The van der Waals surface area contributed by atoms with Gasteiger partial charge in [-0.25, -0.2) is 4.98 Å². The maximum absolute atomic E-state index is 12.7. The average Bonchev–Trinajstić information content (AvgIpc) is 3.17. The molecule has 0 fully saturated rings. The van der Waals surface area contributed by atoms with E-state index in [0.29, 0.717) is 11.5 Å². The van der Waals surface area contributed by atoms with Crippen LogP contribution in [0.2, 0.25) is 0 Å². The second kappa shape index (κ2) is 6.06. The number of benzene rings is 1. The average molecular weight is 342 g/mol. The Hall–Kier alpha value is -2.14. The number of aromatic nitrogens is 1. The summed E-state index contributed by atoms with van der Waals surface area (Å²) in [7, 11) is 1.82. The maximum atomic E-state index is 12.7. The molecule has 1 amide bonds. The molecule has 4 nitrogen and oxygen atoms in total. The number of carbonyl (C=O) groups excluding carboxylic acids is 1. The largest absolute Gasteiger partial charge is 0.448 e. The summed E-state index contributed by atoms with van der Waals surface area (Å²) >= 11 is 1.56. The van der Waals surface area contributed by atoms with Gasteiger partial charge in [-0.3, -0.25) is 4.79 Å². The lowest BCUT2D eigenvalue weighted by molar-refractivity contribution is 0.0598. The van der Waals surface area contributed by atoms with Gasteiger partial charge in [0.15, 0.2) is 16.5 Å². The Labute approximate surface area is 146 Å². The monoisotopic (exact) mass is 342 g/mol. The van der Waals surface area contributed by atoms with Crippen molar-refractivity contribution in [2.45, 2.75) is 33.7 Å². The molecule has 1 aromatic carbocycles. The van der Waals surface area contributed by atoms with Crippen molar-refractivity contribution in [2.24, 2.45) is 5.41 Å². The van der Waals surface area contributed by atoms with E-state index in [2.05, 4.69) is 32.7 Å². The molecule has 0 aliphatic rings. The Kier molecular flexibility index (Phi) is 4.22. The van der Waals surface area contributed by atoms with Crippen molar-refractivity contribution in [3.63, 3.8) is 0 Å². The second-order valence-electron chi connectivity index (χ2n) is 7.11. The van der Waals surface area contributed by atoms with Crippen LogP contribution in [0.1, 0.15) is 38.2 Å². The molecule has 0 aliphatic heterocycles. The number of para-hydroxylation sites is 1. The highest BCUT2D eigenvalue weighted by Gasteiger charge is 2.29. The van der Waals surface area contributed by atoms with Crippen LogP contribution in [-0.4, -0.2) is 28.9 Å². The van der Waals surface area contributed by atoms with Crippen molar-refractivity contribution in [1.29, 1.82) is 0 Å². The fourth-order valence-corrected chi connectivity index (χ4v) is 3.40. The van der Waals surface area contributed by atoms with E-state index in [9.17, 15) is 4.79 Å². The Bertz CT molecular complexity index is 840. The van der Waals surface area contributed by atoms with E-state index in [1.807, 2.05) is 37.4 Å². The van der Waals surface area contributed by atoms with Crippen molar-refractivity contribution >= 4 is 27.5 Å². The summed E-state index contributed by atoms with van der Waals surface area (Å²) in [6.07, 6.45) is 0. The van der Waals surface area contributed by atoms with Gasteiger partial charge in [0.1, 0.15) is 0 Å². The van der Waals surface area contributed by atoms with Crippen molar-refractivity contribution in [3.05, 3.63) is 42.2 Å². The minimum atomic E-state index is -0.107. The van der Waals surface area contributed by atoms with Crippen LogP contribution in [0, 0.1) is 5.41 Å². The number of rotatable bonds is 3.